The summed E-state index contributed by atoms with van der Waals surface area (Å²) in [5.41, 5.74) is 1.31. The summed E-state index contributed by atoms with van der Waals surface area (Å²) in [7, 11) is -15.0. The quantitative estimate of drug-likeness (QED) is 0.0230. The first-order chi connectivity index (χ1) is 34.4. The summed E-state index contributed by atoms with van der Waals surface area (Å²) in [4.78, 5) is 30.5. The van der Waals surface area contributed by atoms with E-state index in [0.717, 1.165) is 49.9 Å². The predicted molar refractivity (Wildman–Crippen MR) is 259 cm³/mol. The minimum atomic E-state index is -5.10. The zero-order valence-corrected chi connectivity index (χ0v) is 52.3. The number of fused-ring (bicyclic) bond motifs is 3. The largest absolute Gasteiger partial charge is 1.00 e. The predicted octanol–water partition coefficient (Wildman–Crippen LogP) is -6.35. The van der Waals surface area contributed by atoms with Crippen molar-refractivity contribution in [1.29, 1.82) is 0 Å². The van der Waals surface area contributed by atoms with Gasteiger partial charge >= 0.3 is 118 Å². The van der Waals surface area contributed by atoms with Crippen molar-refractivity contribution in [3.05, 3.63) is 97.1 Å². The number of hydrogen-bond donors (Lipinski definition) is 4. The van der Waals surface area contributed by atoms with Crippen LogP contribution in [0.4, 0.5) is 58.4 Å². The summed E-state index contributed by atoms with van der Waals surface area (Å²) < 4.78 is 115. The first-order valence-corrected chi connectivity index (χ1v) is 26.7. The van der Waals surface area contributed by atoms with Crippen molar-refractivity contribution in [3.8, 4) is 0 Å². The molecule has 76 heavy (non-hydrogen) atoms. The fourth-order valence-electron chi connectivity index (χ4n) is 8.54. The Labute approximate surface area is 527 Å². The van der Waals surface area contributed by atoms with Gasteiger partial charge in [-0.2, -0.15) is 34.2 Å². The van der Waals surface area contributed by atoms with Gasteiger partial charge < -0.3 is 50.0 Å². The fourth-order valence-corrected chi connectivity index (χ4v) is 10.9. The Bertz CT molecular complexity index is 3810. The van der Waals surface area contributed by atoms with E-state index < -0.39 is 45.0 Å². The normalized spacial score (nSPS) is 13.6. The van der Waals surface area contributed by atoms with Crippen molar-refractivity contribution in [2.75, 3.05) is 57.2 Å². The summed E-state index contributed by atoms with van der Waals surface area (Å²) in [6.45, 7) is 2.63. The maximum absolute atomic E-state index is 12.5. The van der Waals surface area contributed by atoms with E-state index in [2.05, 4.69) is 50.6 Å². The van der Waals surface area contributed by atoms with Crippen LogP contribution >= 0.6 is 12.0 Å². The molecule has 2 aliphatic heterocycles. The van der Waals surface area contributed by atoms with Crippen LogP contribution in [0, 0.1) is 0 Å². The Morgan fingerprint density at radius 2 is 0.895 bits per heavy atom. The van der Waals surface area contributed by atoms with Crippen LogP contribution in [0.3, 0.4) is 0 Å². The molecule has 0 atom stereocenters. The van der Waals surface area contributed by atoms with E-state index in [9.17, 15) is 44.2 Å². The average Bonchev–Trinajstić information content (AvgIpc) is 4.09. The monoisotopic (exact) mass is 1140 g/mol. The van der Waals surface area contributed by atoms with Crippen molar-refractivity contribution in [2.45, 2.75) is 45.3 Å². The molecule has 2 aliphatic rings. The average molecular weight is 1150 g/mol. The second-order valence-corrected chi connectivity index (χ2v) is 21.3. The van der Waals surface area contributed by atoms with Gasteiger partial charge in [-0.15, -0.1) is 0 Å². The summed E-state index contributed by atoms with van der Waals surface area (Å²) >= 11 is 0.597. The Hall–Kier alpha value is -3.12. The van der Waals surface area contributed by atoms with Gasteiger partial charge in [0.1, 0.15) is 30.4 Å². The molecule has 32 heteroatoms. The van der Waals surface area contributed by atoms with Gasteiger partial charge in [0.05, 0.1) is 26.7 Å². The molecule has 2 fully saturated rings. The molecule has 6 aromatic carbocycles. The molecule has 0 saturated carbocycles. The van der Waals surface area contributed by atoms with Crippen LogP contribution in [0.2, 0.25) is 0 Å². The number of anilines is 10. The van der Waals surface area contributed by atoms with E-state index in [1.807, 2.05) is 28.0 Å². The minimum absolute atomic E-state index is 0. The van der Waals surface area contributed by atoms with E-state index in [4.69, 9.17) is 9.97 Å². The third-order valence-electron chi connectivity index (χ3n) is 11.7. The molecular formula is C44H36N12Na4O12S4. The molecule has 8 aromatic rings. The van der Waals surface area contributed by atoms with Crippen LogP contribution in [-0.2, 0) is 39.7 Å². The Balaban J connectivity index is 0.00000234. The number of nitrogens with zero attached hydrogens (tertiary/aromatic N) is 8. The topological polar surface area (TPSA) is 345 Å². The second kappa shape index (κ2) is 26.0. The molecule has 372 valence electrons. The SMILES string of the molecule is O=S(=O)([O-])c1ccc2c(S(=O)(=O)[O-])cc(Nc3nc(Nc4cccc5c(Nc6nc(Nc7cc(S(=O)(=O)[O-])c8ccc(SOO[O-])cc8c7)nc(N7CCCC7)n6)cccc45)nc(N4CCCC4)n3)cc2c1.[Na+].[Na+].[Na+].[Na+]. The summed E-state index contributed by atoms with van der Waals surface area (Å²) in [6, 6.07) is 23.6. The molecule has 0 amide bonds. The number of hydrogen-bond acceptors (Lipinski definition) is 25. The molecular weight excluding hydrogens is 1110 g/mol. The molecule has 2 aromatic heterocycles. The second-order valence-electron chi connectivity index (χ2n) is 16.5. The van der Waals surface area contributed by atoms with Crippen molar-refractivity contribution in [2.24, 2.45) is 0 Å². The van der Waals surface area contributed by atoms with Crippen LogP contribution in [0.5, 0.6) is 0 Å². The van der Waals surface area contributed by atoms with Gasteiger partial charge in [0, 0.05) is 64.6 Å². The molecule has 24 nitrogen and oxygen atoms in total. The number of rotatable bonds is 16. The molecule has 4 N–H and O–H groups in total. The number of benzene rings is 6. The van der Waals surface area contributed by atoms with E-state index in [-0.39, 0.29) is 170 Å². The standard InChI is InChI=1S/C44H40N12O12S4.4Na/c57-67-68-69-29-11-13-31-25(21-29)19-27(23-37(31)71(61,62)63)45-39-49-41(53-43(51-39)55-15-1-2-16-55)47-35-9-5-8-34-33(35)7-6-10-36(34)48-42-50-40(52-44(54-42)56-17-3-4-18-56)46-28-20-26-22-30(70(58,59)60)12-14-32(26)38(24-28)72(64,65)66;;;;/h5-14,19-24,57H,1-4,15-18H2,(H,58,59,60)(H,61,62,63)(H,64,65,66)(H2,45,47,49,51,53)(H2,46,48,50,52,54);;;;/q;4*+1/p-4. The van der Waals surface area contributed by atoms with Gasteiger partial charge in [-0.3, -0.25) is 5.04 Å². The summed E-state index contributed by atoms with van der Waals surface area (Å²) in [5, 5.41) is 28.3. The van der Waals surface area contributed by atoms with Gasteiger partial charge in [0.15, 0.2) is 0 Å². The minimum Gasteiger partial charge on any atom is -0.744 e. The van der Waals surface area contributed by atoms with Crippen LogP contribution < -0.4 is 155 Å². The first-order valence-electron chi connectivity index (χ1n) is 21.7. The number of aromatic nitrogens is 6. The molecule has 10 rings (SSSR count). The van der Waals surface area contributed by atoms with Crippen molar-refractivity contribution < 1.29 is 172 Å². The maximum atomic E-state index is 12.5. The third-order valence-corrected chi connectivity index (χ3v) is 14.9. The van der Waals surface area contributed by atoms with Crippen molar-refractivity contribution in [1.82, 2.24) is 29.9 Å². The van der Waals surface area contributed by atoms with E-state index >= 15 is 0 Å². The van der Waals surface area contributed by atoms with Crippen LogP contribution in [0.25, 0.3) is 32.3 Å². The van der Waals surface area contributed by atoms with Gasteiger partial charge in [0.2, 0.25) is 35.7 Å². The maximum Gasteiger partial charge on any atom is 1.00 e. The van der Waals surface area contributed by atoms with Gasteiger partial charge in [-0.05, 0) is 108 Å². The molecule has 0 spiro atoms. The first kappa shape index (κ1) is 62.1. The molecule has 0 aliphatic carbocycles. The third kappa shape index (κ3) is 14.4. The van der Waals surface area contributed by atoms with Crippen LogP contribution in [0.1, 0.15) is 25.7 Å². The molecule has 4 heterocycles. The summed E-state index contributed by atoms with van der Waals surface area (Å²) in [6.07, 6.45) is 3.56. The molecule has 0 radical (unpaired) electrons. The van der Waals surface area contributed by atoms with E-state index in [1.165, 1.54) is 30.3 Å². The smallest absolute Gasteiger partial charge is 0.744 e. The van der Waals surface area contributed by atoms with E-state index in [0.29, 0.717) is 82.5 Å². The summed E-state index contributed by atoms with van der Waals surface area (Å²) in [5.74, 6) is 0.819. The van der Waals surface area contributed by atoms with Crippen molar-refractivity contribution in [3.63, 3.8) is 0 Å². The van der Waals surface area contributed by atoms with E-state index in [1.54, 1.807) is 24.3 Å². The van der Waals surface area contributed by atoms with Crippen LogP contribution in [0.15, 0.2) is 117 Å². The van der Waals surface area contributed by atoms with Crippen molar-refractivity contribution >= 4 is 133 Å². The van der Waals surface area contributed by atoms with Gasteiger partial charge in [-0.25, -0.2) is 25.3 Å². The number of nitrogens with one attached hydrogen (secondary N) is 4. The van der Waals surface area contributed by atoms with Crippen LogP contribution in [-0.4, -0.2) is 95.0 Å². The fraction of sp³-hybridized carbons (Fsp3) is 0.182. The molecule has 0 bridgehead atoms. The Morgan fingerprint density at radius 3 is 1.32 bits per heavy atom. The van der Waals surface area contributed by atoms with Gasteiger partial charge in [0.25, 0.3) is 0 Å². The molecule has 2 saturated heterocycles. The Kier molecular flexibility index (Phi) is 21.2. The molecule has 0 unspecified atom stereocenters. The van der Waals surface area contributed by atoms with Gasteiger partial charge in [-0.1, -0.05) is 36.4 Å². The zero-order chi connectivity index (χ0) is 50.4. The Morgan fingerprint density at radius 1 is 0.474 bits per heavy atom. The zero-order valence-electron chi connectivity index (χ0n) is 41.0.